The van der Waals surface area contributed by atoms with Gasteiger partial charge in [0.25, 0.3) is 0 Å². The first kappa shape index (κ1) is 22.4. The Labute approximate surface area is 175 Å². The van der Waals surface area contributed by atoms with Crippen molar-refractivity contribution >= 4 is 23.6 Å². The van der Waals surface area contributed by atoms with Gasteiger partial charge in [-0.1, -0.05) is 37.4 Å². The van der Waals surface area contributed by atoms with Gasteiger partial charge < -0.3 is 18.9 Å². The van der Waals surface area contributed by atoms with Gasteiger partial charge in [0.2, 0.25) is 0 Å². The molecule has 2 rings (SSSR count). The number of amides is 2. The lowest BCUT2D eigenvalue weighted by molar-refractivity contribution is 0.123. The fourth-order valence-electron chi connectivity index (χ4n) is 2.33. The maximum atomic E-state index is 11.7. The second kappa shape index (κ2) is 12.5. The third-order valence-electron chi connectivity index (χ3n) is 3.70. The van der Waals surface area contributed by atoms with E-state index in [1.54, 1.807) is 24.3 Å². The van der Waals surface area contributed by atoms with E-state index in [0.717, 1.165) is 11.1 Å². The Hall–Kier alpha value is -3.94. The maximum absolute atomic E-state index is 11.7. The largest absolute Gasteiger partial charge is 0.498 e. The number of benzene rings is 2. The van der Waals surface area contributed by atoms with Gasteiger partial charge in [0.15, 0.2) is 0 Å². The Morgan fingerprint density at radius 3 is 1.37 bits per heavy atom. The summed E-state index contributed by atoms with van der Waals surface area (Å²) in [6.45, 7) is 7.57. The molecule has 2 N–H and O–H groups in total. The molecule has 0 atom stereocenters. The van der Waals surface area contributed by atoms with Crippen LogP contribution in [-0.4, -0.2) is 38.6 Å². The summed E-state index contributed by atoms with van der Waals surface area (Å²) < 4.78 is 19.7. The van der Waals surface area contributed by atoms with Crippen LogP contribution in [0.1, 0.15) is 0 Å². The topological polar surface area (TPSA) is 95.1 Å². The van der Waals surface area contributed by atoms with E-state index < -0.39 is 12.2 Å². The molecule has 30 heavy (non-hydrogen) atoms. The second-order valence-electron chi connectivity index (χ2n) is 5.75. The molecule has 0 spiro atoms. The zero-order chi connectivity index (χ0) is 21.6. The highest BCUT2D eigenvalue weighted by atomic mass is 16.6. The van der Waals surface area contributed by atoms with Crippen LogP contribution in [0, 0.1) is 0 Å². The Bertz CT molecular complexity index is 762. The Morgan fingerprint density at radius 1 is 0.667 bits per heavy atom. The highest BCUT2D eigenvalue weighted by Crippen LogP contribution is 2.23. The summed E-state index contributed by atoms with van der Waals surface area (Å²) in [5.41, 5.74) is 3.11. The fraction of sp³-hybridized carbons (Fsp3) is 0.182. The third-order valence-corrected chi connectivity index (χ3v) is 3.70. The summed E-state index contributed by atoms with van der Waals surface area (Å²) in [5.74, 6) is 0. The number of ether oxygens (including phenoxy) is 4. The number of nitrogens with one attached hydrogen (secondary N) is 2. The molecular weight excluding hydrogens is 388 g/mol. The van der Waals surface area contributed by atoms with Crippen LogP contribution in [0.3, 0.4) is 0 Å². The van der Waals surface area contributed by atoms with Crippen LogP contribution < -0.4 is 10.6 Å². The van der Waals surface area contributed by atoms with E-state index in [4.69, 9.17) is 18.9 Å². The van der Waals surface area contributed by atoms with E-state index in [0.29, 0.717) is 11.4 Å². The summed E-state index contributed by atoms with van der Waals surface area (Å²) in [6.07, 6.45) is 1.45. The Kier molecular flexibility index (Phi) is 9.32. The van der Waals surface area contributed by atoms with Crippen molar-refractivity contribution in [3.05, 3.63) is 74.2 Å². The van der Waals surface area contributed by atoms with Crippen LogP contribution in [0.15, 0.2) is 74.2 Å². The lowest BCUT2D eigenvalue weighted by Gasteiger charge is -2.09. The normalized spacial score (nSPS) is 9.73. The van der Waals surface area contributed by atoms with Crippen molar-refractivity contribution in [3.8, 4) is 11.1 Å². The molecule has 2 amide bonds. The monoisotopic (exact) mass is 412 g/mol. The minimum atomic E-state index is -0.561. The van der Waals surface area contributed by atoms with E-state index in [9.17, 15) is 9.59 Å². The van der Waals surface area contributed by atoms with Gasteiger partial charge in [-0.15, -0.1) is 0 Å². The molecule has 0 bridgehead atoms. The van der Waals surface area contributed by atoms with Gasteiger partial charge in [0, 0.05) is 11.4 Å². The standard InChI is InChI=1S/C22H24N2O6/c1-3-27-13-15-29-21(25)23-19-9-5-17(6-10-19)18-7-11-20(12-8-18)24-22(26)30-16-14-28-4-2/h3-12H,1-2,13-16H2,(H,23,25)(H,24,26). The van der Waals surface area contributed by atoms with E-state index in [1.807, 2.05) is 24.3 Å². The van der Waals surface area contributed by atoms with Gasteiger partial charge in [-0.25, -0.2) is 9.59 Å². The summed E-state index contributed by atoms with van der Waals surface area (Å²) in [4.78, 5) is 23.4. The van der Waals surface area contributed by atoms with Crippen molar-refractivity contribution in [3.63, 3.8) is 0 Å². The van der Waals surface area contributed by atoms with E-state index in [1.165, 1.54) is 12.5 Å². The fourth-order valence-corrected chi connectivity index (χ4v) is 2.33. The molecule has 158 valence electrons. The van der Waals surface area contributed by atoms with Gasteiger partial charge >= 0.3 is 12.2 Å². The van der Waals surface area contributed by atoms with E-state index in [-0.39, 0.29) is 26.4 Å². The molecule has 0 aliphatic carbocycles. The van der Waals surface area contributed by atoms with Crippen molar-refractivity contribution < 1.29 is 28.5 Å². The average Bonchev–Trinajstić information content (AvgIpc) is 2.75. The first-order valence-corrected chi connectivity index (χ1v) is 9.15. The first-order chi connectivity index (χ1) is 14.6. The number of anilines is 2. The molecule has 0 heterocycles. The number of hydrogen-bond donors (Lipinski definition) is 2. The molecule has 0 saturated heterocycles. The lowest BCUT2D eigenvalue weighted by Crippen LogP contribution is -2.16. The molecule has 0 aliphatic rings. The predicted molar refractivity (Wildman–Crippen MR) is 114 cm³/mol. The average molecular weight is 412 g/mol. The van der Waals surface area contributed by atoms with Crippen LogP contribution in [0.2, 0.25) is 0 Å². The van der Waals surface area contributed by atoms with Gasteiger partial charge in [0.1, 0.15) is 26.4 Å². The van der Waals surface area contributed by atoms with Crippen molar-refractivity contribution in [2.45, 2.75) is 0 Å². The van der Waals surface area contributed by atoms with Crippen molar-refractivity contribution in [2.75, 3.05) is 37.1 Å². The molecule has 0 fully saturated rings. The molecule has 0 unspecified atom stereocenters. The van der Waals surface area contributed by atoms with Gasteiger partial charge in [-0.05, 0) is 35.4 Å². The third kappa shape index (κ3) is 7.97. The molecule has 0 saturated carbocycles. The minimum Gasteiger partial charge on any atom is -0.498 e. The highest BCUT2D eigenvalue weighted by Gasteiger charge is 2.06. The number of rotatable bonds is 11. The summed E-state index contributed by atoms with van der Waals surface area (Å²) in [5, 5.41) is 5.27. The maximum Gasteiger partial charge on any atom is 0.411 e. The predicted octanol–water partition coefficient (Wildman–Crippen LogP) is 4.77. The van der Waals surface area contributed by atoms with Crippen LogP contribution >= 0.6 is 0 Å². The number of carbonyl (C=O) groups is 2. The Balaban J connectivity index is 1.83. The molecule has 8 nitrogen and oxygen atoms in total. The smallest absolute Gasteiger partial charge is 0.411 e. The molecule has 0 radical (unpaired) electrons. The molecule has 0 aliphatic heterocycles. The zero-order valence-electron chi connectivity index (χ0n) is 16.5. The summed E-state index contributed by atoms with van der Waals surface area (Å²) in [7, 11) is 0. The van der Waals surface area contributed by atoms with E-state index >= 15 is 0 Å². The number of hydrogen-bond acceptors (Lipinski definition) is 6. The quantitative estimate of drug-likeness (QED) is 0.408. The molecule has 8 heteroatoms. The first-order valence-electron chi connectivity index (χ1n) is 9.15. The summed E-state index contributed by atoms with van der Waals surface area (Å²) in [6, 6.07) is 14.5. The minimum absolute atomic E-state index is 0.131. The van der Waals surface area contributed by atoms with Gasteiger partial charge in [-0.2, -0.15) is 0 Å². The van der Waals surface area contributed by atoms with Crippen molar-refractivity contribution in [1.82, 2.24) is 0 Å². The zero-order valence-corrected chi connectivity index (χ0v) is 16.5. The van der Waals surface area contributed by atoms with Crippen LogP contribution in [0.4, 0.5) is 21.0 Å². The van der Waals surface area contributed by atoms with Crippen molar-refractivity contribution in [2.24, 2.45) is 0 Å². The molecule has 2 aromatic carbocycles. The second-order valence-corrected chi connectivity index (χ2v) is 5.75. The van der Waals surface area contributed by atoms with Crippen molar-refractivity contribution in [1.29, 1.82) is 0 Å². The van der Waals surface area contributed by atoms with Gasteiger partial charge in [-0.3, -0.25) is 10.6 Å². The lowest BCUT2D eigenvalue weighted by atomic mass is 10.1. The number of carbonyl (C=O) groups excluding carboxylic acids is 2. The molecule has 0 aromatic heterocycles. The highest BCUT2D eigenvalue weighted by molar-refractivity contribution is 5.86. The van der Waals surface area contributed by atoms with E-state index in [2.05, 4.69) is 23.8 Å². The molecular formula is C22H24N2O6. The van der Waals surface area contributed by atoms with Gasteiger partial charge in [0.05, 0.1) is 12.5 Å². The van der Waals surface area contributed by atoms with Crippen LogP contribution in [0.25, 0.3) is 11.1 Å². The Morgan fingerprint density at radius 2 is 1.03 bits per heavy atom. The van der Waals surface area contributed by atoms with Crippen LogP contribution in [0.5, 0.6) is 0 Å². The van der Waals surface area contributed by atoms with Crippen LogP contribution in [-0.2, 0) is 18.9 Å². The molecule has 2 aromatic rings. The summed E-state index contributed by atoms with van der Waals surface area (Å²) >= 11 is 0. The SMILES string of the molecule is C=COCCOC(=O)Nc1ccc(-c2ccc(NC(=O)OCCOC=C)cc2)cc1.